The van der Waals surface area contributed by atoms with E-state index < -0.39 is 0 Å². The number of hydrogen-bond donors (Lipinski definition) is 1. The number of carbonyl (C=O) groups is 1. The first-order valence-electron chi connectivity index (χ1n) is 7.32. The molecule has 1 fully saturated rings. The van der Waals surface area contributed by atoms with E-state index >= 15 is 0 Å². The van der Waals surface area contributed by atoms with Crippen LogP contribution < -0.4 is 5.32 Å². The monoisotopic (exact) mass is 354 g/mol. The molecule has 0 aliphatic heterocycles. The third kappa shape index (κ3) is 4.53. The Balaban J connectivity index is 1.84. The molecule has 1 atom stereocenters. The van der Waals surface area contributed by atoms with E-state index in [0.29, 0.717) is 11.6 Å². The van der Waals surface area contributed by atoms with Crippen molar-refractivity contribution in [2.24, 2.45) is 0 Å². The van der Waals surface area contributed by atoms with Crippen LogP contribution in [0.2, 0.25) is 0 Å². The molecule has 1 aliphatic rings. The summed E-state index contributed by atoms with van der Waals surface area (Å²) in [6, 6.07) is 6.88. The topological polar surface area (TPSA) is 41.6 Å². The highest BCUT2D eigenvalue weighted by molar-refractivity contribution is 9.10. The van der Waals surface area contributed by atoms with Crippen LogP contribution in [0, 0.1) is 0 Å². The quantitative estimate of drug-likeness (QED) is 0.764. The fraction of sp³-hybridized carbons (Fsp3) is 0.562. The van der Waals surface area contributed by atoms with E-state index in [-0.39, 0.29) is 5.97 Å². The van der Waals surface area contributed by atoms with E-state index in [1.165, 1.54) is 20.0 Å². The summed E-state index contributed by atoms with van der Waals surface area (Å²) in [6.07, 6.45) is 2.67. The van der Waals surface area contributed by atoms with E-state index in [9.17, 15) is 4.79 Å². The van der Waals surface area contributed by atoms with Gasteiger partial charge in [0.15, 0.2) is 0 Å². The molecule has 4 nitrogen and oxygen atoms in total. The van der Waals surface area contributed by atoms with Crippen LogP contribution in [0.1, 0.15) is 35.7 Å². The molecule has 21 heavy (non-hydrogen) atoms. The fourth-order valence-corrected chi connectivity index (χ4v) is 2.86. The van der Waals surface area contributed by atoms with Crippen molar-refractivity contribution in [1.82, 2.24) is 10.2 Å². The maximum absolute atomic E-state index is 11.5. The van der Waals surface area contributed by atoms with Gasteiger partial charge in [0.25, 0.3) is 0 Å². The van der Waals surface area contributed by atoms with Gasteiger partial charge in [-0.25, -0.2) is 4.79 Å². The molecule has 0 radical (unpaired) electrons. The number of hydrogen-bond acceptors (Lipinski definition) is 4. The standard InChI is InChI=1S/C16H23BrN2O2/c1-11(19(2)14-6-7-14)9-18-10-13-5-4-12(8-15(13)17)16(20)21-3/h4-5,8,11,14,18H,6-7,9-10H2,1-3H3. The largest absolute Gasteiger partial charge is 0.465 e. The second-order valence-electron chi connectivity index (χ2n) is 5.67. The smallest absolute Gasteiger partial charge is 0.337 e. The highest BCUT2D eigenvalue weighted by Crippen LogP contribution is 2.26. The lowest BCUT2D eigenvalue weighted by atomic mass is 10.1. The number of esters is 1. The Morgan fingerprint density at radius 3 is 2.81 bits per heavy atom. The van der Waals surface area contributed by atoms with Crippen LogP contribution in [-0.4, -0.2) is 43.7 Å². The zero-order valence-electron chi connectivity index (χ0n) is 12.9. The van der Waals surface area contributed by atoms with E-state index in [1.54, 1.807) is 6.07 Å². The minimum Gasteiger partial charge on any atom is -0.465 e. The lowest BCUT2D eigenvalue weighted by Crippen LogP contribution is -2.38. The Labute approximate surface area is 135 Å². The lowest BCUT2D eigenvalue weighted by Gasteiger charge is -2.24. The van der Waals surface area contributed by atoms with E-state index in [4.69, 9.17) is 4.74 Å². The average Bonchev–Trinajstić information content (AvgIpc) is 3.31. The van der Waals surface area contributed by atoms with Gasteiger partial charge in [-0.3, -0.25) is 4.90 Å². The van der Waals surface area contributed by atoms with Crippen molar-refractivity contribution in [1.29, 1.82) is 0 Å². The summed E-state index contributed by atoms with van der Waals surface area (Å²) >= 11 is 3.52. The number of carbonyl (C=O) groups excluding carboxylic acids is 1. The molecule has 1 aliphatic carbocycles. The van der Waals surface area contributed by atoms with Crippen LogP contribution >= 0.6 is 15.9 Å². The zero-order chi connectivity index (χ0) is 15.4. The second-order valence-corrected chi connectivity index (χ2v) is 6.53. The van der Waals surface area contributed by atoms with Gasteiger partial charge >= 0.3 is 5.97 Å². The fourth-order valence-electron chi connectivity index (χ4n) is 2.34. The number of methoxy groups -OCH3 is 1. The highest BCUT2D eigenvalue weighted by atomic mass is 79.9. The number of ether oxygens (including phenoxy) is 1. The molecule has 0 amide bonds. The van der Waals surface area contributed by atoms with Crippen LogP contribution in [0.15, 0.2) is 22.7 Å². The molecule has 0 aromatic heterocycles. The number of nitrogens with zero attached hydrogens (tertiary/aromatic N) is 1. The molecule has 116 valence electrons. The molecule has 1 saturated carbocycles. The maximum Gasteiger partial charge on any atom is 0.337 e. The summed E-state index contributed by atoms with van der Waals surface area (Å²) in [4.78, 5) is 13.9. The number of rotatable bonds is 7. The summed E-state index contributed by atoms with van der Waals surface area (Å²) in [7, 11) is 3.59. The zero-order valence-corrected chi connectivity index (χ0v) is 14.4. The highest BCUT2D eigenvalue weighted by Gasteiger charge is 2.28. The van der Waals surface area contributed by atoms with Crippen molar-refractivity contribution in [2.75, 3.05) is 20.7 Å². The SMILES string of the molecule is COC(=O)c1ccc(CNCC(C)N(C)C2CC2)c(Br)c1. The van der Waals surface area contributed by atoms with Crippen LogP contribution in [0.4, 0.5) is 0 Å². The molecule has 1 aromatic carbocycles. The van der Waals surface area contributed by atoms with E-state index in [2.05, 4.69) is 40.1 Å². The Kier molecular flexibility index (Phi) is 5.79. The van der Waals surface area contributed by atoms with Crippen LogP contribution in [-0.2, 0) is 11.3 Å². The van der Waals surface area contributed by atoms with Gasteiger partial charge in [0.1, 0.15) is 0 Å². The third-order valence-electron chi connectivity index (χ3n) is 4.05. The third-order valence-corrected chi connectivity index (χ3v) is 4.79. The minimum absolute atomic E-state index is 0.310. The predicted molar refractivity (Wildman–Crippen MR) is 87.4 cm³/mol. The number of benzene rings is 1. The molecule has 0 saturated heterocycles. The number of likely N-dealkylation sites (N-methyl/N-ethyl adjacent to an activating group) is 1. The van der Waals surface area contributed by atoms with Gasteiger partial charge in [-0.15, -0.1) is 0 Å². The van der Waals surface area contributed by atoms with Crippen molar-refractivity contribution in [3.63, 3.8) is 0 Å². The van der Waals surface area contributed by atoms with Gasteiger partial charge in [0, 0.05) is 29.6 Å². The Bertz CT molecular complexity index is 503. The molecule has 0 spiro atoms. The van der Waals surface area contributed by atoms with Crippen molar-refractivity contribution in [3.05, 3.63) is 33.8 Å². The lowest BCUT2D eigenvalue weighted by molar-refractivity contribution is 0.0600. The predicted octanol–water partition coefficient (Wildman–Crippen LogP) is 2.81. The molecular formula is C16H23BrN2O2. The first-order valence-corrected chi connectivity index (χ1v) is 8.11. The summed E-state index contributed by atoms with van der Waals surface area (Å²) in [5.41, 5.74) is 1.71. The van der Waals surface area contributed by atoms with Crippen LogP contribution in [0.3, 0.4) is 0 Å². The molecule has 1 aromatic rings. The summed E-state index contributed by atoms with van der Waals surface area (Å²) in [5, 5.41) is 3.48. The molecule has 1 N–H and O–H groups in total. The minimum atomic E-state index is -0.310. The molecule has 0 bridgehead atoms. The molecule has 0 heterocycles. The van der Waals surface area contributed by atoms with Crippen molar-refractivity contribution in [2.45, 2.75) is 38.4 Å². The van der Waals surface area contributed by atoms with Gasteiger partial charge in [-0.2, -0.15) is 0 Å². The van der Waals surface area contributed by atoms with Crippen LogP contribution in [0.25, 0.3) is 0 Å². The number of nitrogens with one attached hydrogen (secondary N) is 1. The second kappa shape index (κ2) is 7.38. The van der Waals surface area contributed by atoms with Crippen molar-refractivity contribution in [3.8, 4) is 0 Å². The molecular weight excluding hydrogens is 332 g/mol. The maximum atomic E-state index is 11.5. The van der Waals surface area contributed by atoms with Gasteiger partial charge in [0.05, 0.1) is 12.7 Å². The summed E-state index contributed by atoms with van der Waals surface area (Å²) in [6.45, 7) is 3.99. The Morgan fingerprint density at radius 1 is 1.52 bits per heavy atom. The van der Waals surface area contributed by atoms with Gasteiger partial charge in [-0.05, 0) is 44.5 Å². The Hall–Kier alpha value is -0.910. The molecule has 2 rings (SSSR count). The van der Waals surface area contributed by atoms with E-state index in [0.717, 1.165) is 29.2 Å². The number of halogens is 1. The van der Waals surface area contributed by atoms with Crippen molar-refractivity contribution < 1.29 is 9.53 Å². The average molecular weight is 355 g/mol. The first-order chi connectivity index (χ1) is 10.0. The summed E-state index contributed by atoms with van der Waals surface area (Å²) in [5.74, 6) is -0.310. The Morgan fingerprint density at radius 2 is 2.24 bits per heavy atom. The molecule has 1 unspecified atom stereocenters. The van der Waals surface area contributed by atoms with Crippen LogP contribution in [0.5, 0.6) is 0 Å². The van der Waals surface area contributed by atoms with Gasteiger partial charge < -0.3 is 10.1 Å². The first kappa shape index (κ1) is 16.5. The van der Waals surface area contributed by atoms with Crippen molar-refractivity contribution >= 4 is 21.9 Å². The molecule has 5 heteroatoms. The normalized spacial score (nSPS) is 16.0. The van der Waals surface area contributed by atoms with E-state index in [1.807, 2.05) is 12.1 Å². The van der Waals surface area contributed by atoms with Gasteiger partial charge in [0.2, 0.25) is 0 Å². The van der Waals surface area contributed by atoms with Gasteiger partial charge in [-0.1, -0.05) is 22.0 Å². The summed E-state index contributed by atoms with van der Waals surface area (Å²) < 4.78 is 5.65.